The lowest BCUT2D eigenvalue weighted by molar-refractivity contribution is -0.142. The van der Waals surface area contributed by atoms with Gasteiger partial charge in [0.25, 0.3) is 0 Å². The maximum absolute atomic E-state index is 10.4. The standard InChI is InChI=1S/C18H28N2O4/c1-13(23-2)18-15(10-14-6-3-4-7-16(14)20-18)11-19-8-5-9-24-12-17(21)22/h10,13,19H,3-9,11-12H2,1-2H3,(H,21,22). The van der Waals surface area contributed by atoms with Crippen LogP contribution >= 0.6 is 0 Å². The van der Waals surface area contributed by atoms with Crippen LogP contribution in [0.3, 0.4) is 0 Å². The summed E-state index contributed by atoms with van der Waals surface area (Å²) in [4.78, 5) is 15.2. The fourth-order valence-corrected chi connectivity index (χ4v) is 2.98. The van der Waals surface area contributed by atoms with E-state index in [1.165, 1.54) is 29.7 Å². The average molecular weight is 336 g/mol. The number of carboxylic acids is 1. The van der Waals surface area contributed by atoms with Gasteiger partial charge < -0.3 is 19.9 Å². The number of hydrogen-bond donors (Lipinski definition) is 2. The van der Waals surface area contributed by atoms with Crippen LogP contribution in [0, 0.1) is 0 Å². The molecule has 2 rings (SSSR count). The Bertz CT molecular complexity index is 548. The van der Waals surface area contributed by atoms with E-state index in [-0.39, 0.29) is 12.7 Å². The van der Waals surface area contributed by atoms with Crippen LogP contribution in [0.1, 0.15) is 54.8 Å². The highest BCUT2D eigenvalue weighted by Gasteiger charge is 2.18. The Morgan fingerprint density at radius 1 is 1.42 bits per heavy atom. The largest absolute Gasteiger partial charge is 0.480 e. The molecule has 0 spiro atoms. The lowest BCUT2D eigenvalue weighted by atomic mass is 9.93. The highest BCUT2D eigenvalue weighted by Crippen LogP contribution is 2.26. The molecule has 0 fully saturated rings. The van der Waals surface area contributed by atoms with Gasteiger partial charge in [-0.1, -0.05) is 6.07 Å². The molecule has 1 atom stereocenters. The monoisotopic (exact) mass is 336 g/mol. The first-order valence-electron chi connectivity index (χ1n) is 8.66. The minimum atomic E-state index is -0.929. The van der Waals surface area contributed by atoms with E-state index in [1.54, 1.807) is 7.11 Å². The van der Waals surface area contributed by atoms with Crippen LogP contribution in [0.2, 0.25) is 0 Å². The lowest BCUT2D eigenvalue weighted by Gasteiger charge is -2.21. The first-order chi connectivity index (χ1) is 11.6. The Morgan fingerprint density at radius 3 is 2.96 bits per heavy atom. The lowest BCUT2D eigenvalue weighted by Crippen LogP contribution is -2.21. The molecule has 0 radical (unpaired) electrons. The van der Waals surface area contributed by atoms with Crippen LogP contribution in [0.5, 0.6) is 0 Å². The molecule has 2 N–H and O–H groups in total. The number of aliphatic carboxylic acids is 1. The van der Waals surface area contributed by atoms with Crippen molar-refractivity contribution in [3.8, 4) is 0 Å². The van der Waals surface area contributed by atoms with Gasteiger partial charge in [-0.3, -0.25) is 4.98 Å². The Morgan fingerprint density at radius 2 is 2.21 bits per heavy atom. The molecule has 6 heteroatoms. The third-order valence-electron chi connectivity index (χ3n) is 4.34. The third kappa shape index (κ3) is 5.54. The van der Waals surface area contributed by atoms with Gasteiger partial charge >= 0.3 is 5.97 Å². The predicted octanol–water partition coefficient (Wildman–Crippen LogP) is 2.25. The topological polar surface area (TPSA) is 80.7 Å². The fraction of sp³-hybridized carbons (Fsp3) is 0.667. The molecule has 1 heterocycles. The van der Waals surface area contributed by atoms with E-state index in [0.717, 1.165) is 38.0 Å². The van der Waals surface area contributed by atoms with Crippen LogP contribution in [0.4, 0.5) is 0 Å². The first kappa shape index (κ1) is 18.8. The number of pyridine rings is 1. The summed E-state index contributed by atoms with van der Waals surface area (Å²) in [7, 11) is 1.71. The maximum Gasteiger partial charge on any atom is 0.329 e. The van der Waals surface area contributed by atoms with Crippen molar-refractivity contribution in [2.45, 2.75) is 51.7 Å². The normalized spacial score (nSPS) is 15.1. The molecule has 0 amide bonds. The van der Waals surface area contributed by atoms with E-state index < -0.39 is 5.97 Å². The molecule has 0 aromatic carbocycles. The summed E-state index contributed by atoms with van der Waals surface area (Å²) in [6, 6.07) is 2.28. The molecule has 1 aromatic rings. The van der Waals surface area contributed by atoms with Gasteiger partial charge in [-0.15, -0.1) is 0 Å². The van der Waals surface area contributed by atoms with Gasteiger partial charge in [-0.05, 0) is 56.7 Å². The zero-order valence-electron chi connectivity index (χ0n) is 14.6. The second-order valence-corrected chi connectivity index (χ2v) is 6.20. The molecular weight excluding hydrogens is 308 g/mol. The number of hydrogen-bond acceptors (Lipinski definition) is 5. The van der Waals surface area contributed by atoms with Crippen LogP contribution < -0.4 is 5.32 Å². The SMILES string of the molecule is COC(C)c1nc2c(cc1CNCCCOCC(=O)O)CCCC2. The van der Waals surface area contributed by atoms with Crippen molar-refractivity contribution in [1.29, 1.82) is 0 Å². The van der Waals surface area contributed by atoms with Crippen molar-refractivity contribution in [2.24, 2.45) is 0 Å². The van der Waals surface area contributed by atoms with Gasteiger partial charge in [0.05, 0.1) is 11.8 Å². The van der Waals surface area contributed by atoms with E-state index in [1.807, 2.05) is 6.92 Å². The maximum atomic E-state index is 10.4. The summed E-state index contributed by atoms with van der Waals surface area (Å²) >= 11 is 0. The number of nitrogens with one attached hydrogen (secondary N) is 1. The molecular formula is C18H28N2O4. The summed E-state index contributed by atoms with van der Waals surface area (Å²) in [5.74, 6) is -0.929. The molecule has 0 saturated carbocycles. The van der Waals surface area contributed by atoms with Gasteiger partial charge in [0.15, 0.2) is 0 Å². The second-order valence-electron chi connectivity index (χ2n) is 6.20. The summed E-state index contributed by atoms with van der Waals surface area (Å²) < 4.78 is 10.5. The molecule has 6 nitrogen and oxygen atoms in total. The number of ether oxygens (including phenoxy) is 2. The zero-order valence-corrected chi connectivity index (χ0v) is 14.6. The van der Waals surface area contributed by atoms with Crippen molar-refractivity contribution in [1.82, 2.24) is 10.3 Å². The Balaban J connectivity index is 1.89. The number of carbonyl (C=O) groups is 1. The van der Waals surface area contributed by atoms with E-state index in [9.17, 15) is 4.79 Å². The summed E-state index contributed by atoms with van der Waals surface area (Å²) in [5, 5.41) is 11.9. The van der Waals surface area contributed by atoms with Crippen LogP contribution in [0.15, 0.2) is 6.07 Å². The average Bonchev–Trinajstić information content (AvgIpc) is 2.59. The molecule has 1 aliphatic rings. The predicted molar refractivity (Wildman–Crippen MR) is 91.1 cm³/mol. The van der Waals surface area contributed by atoms with Crippen molar-refractivity contribution in [3.05, 3.63) is 28.6 Å². The van der Waals surface area contributed by atoms with E-state index >= 15 is 0 Å². The highest BCUT2D eigenvalue weighted by atomic mass is 16.5. The number of methoxy groups -OCH3 is 1. The highest BCUT2D eigenvalue weighted by molar-refractivity contribution is 5.67. The van der Waals surface area contributed by atoms with Gasteiger partial charge in [-0.2, -0.15) is 0 Å². The van der Waals surface area contributed by atoms with Crippen LogP contribution in [-0.2, 0) is 33.7 Å². The Kier molecular flexibility index (Phi) is 7.62. The van der Waals surface area contributed by atoms with Gasteiger partial charge in [0.1, 0.15) is 6.61 Å². The van der Waals surface area contributed by atoms with Crippen molar-refractivity contribution in [3.63, 3.8) is 0 Å². The Labute approximate surface area is 143 Å². The van der Waals surface area contributed by atoms with Gasteiger partial charge in [0, 0.05) is 26.0 Å². The smallest absolute Gasteiger partial charge is 0.329 e. The van der Waals surface area contributed by atoms with E-state index in [0.29, 0.717) is 6.61 Å². The van der Waals surface area contributed by atoms with Gasteiger partial charge in [-0.25, -0.2) is 4.79 Å². The van der Waals surface area contributed by atoms with Gasteiger partial charge in [0.2, 0.25) is 0 Å². The summed E-state index contributed by atoms with van der Waals surface area (Å²) in [6.45, 7) is 3.76. The minimum Gasteiger partial charge on any atom is -0.480 e. The number of aromatic nitrogens is 1. The minimum absolute atomic E-state index is 0.0204. The number of nitrogens with zero attached hydrogens (tertiary/aromatic N) is 1. The summed E-state index contributed by atoms with van der Waals surface area (Å²) in [5.41, 5.74) is 4.81. The summed E-state index contributed by atoms with van der Waals surface area (Å²) in [6.07, 6.45) is 5.39. The van der Waals surface area contributed by atoms with E-state index in [4.69, 9.17) is 19.6 Å². The Hall–Kier alpha value is -1.50. The quantitative estimate of drug-likeness (QED) is 0.638. The molecule has 0 bridgehead atoms. The second kappa shape index (κ2) is 9.71. The first-order valence-corrected chi connectivity index (χ1v) is 8.66. The molecule has 1 aliphatic carbocycles. The third-order valence-corrected chi connectivity index (χ3v) is 4.34. The molecule has 1 unspecified atom stereocenters. The number of rotatable bonds is 10. The van der Waals surface area contributed by atoms with Crippen molar-refractivity contribution in [2.75, 3.05) is 26.9 Å². The molecule has 134 valence electrons. The zero-order chi connectivity index (χ0) is 17.4. The molecule has 0 aliphatic heterocycles. The molecule has 24 heavy (non-hydrogen) atoms. The fourth-order valence-electron chi connectivity index (χ4n) is 2.98. The molecule has 1 aromatic heterocycles. The van der Waals surface area contributed by atoms with Crippen molar-refractivity contribution >= 4 is 5.97 Å². The molecule has 0 saturated heterocycles. The number of aryl methyl sites for hydroxylation is 2. The van der Waals surface area contributed by atoms with E-state index in [2.05, 4.69) is 11.4 Å². The number of fused-ring (bicyclic) bond motifs is 1. The van der Waals surface area contributed by atoms with Crippen LogP contribution in [0.25, 0.3) is 0 Å². The number of carboxylic acid groups (broad SMARTS) is 1. The van der Waals surface area contributed by atoms with Crippen LogP contribution in [-0.4, -0.2) is 42.9 Å². The van der Waals surface area contributed by atoms with Crippen molar-refractivity contribution < 1.29 is 19.4 Å².